The molecule has 1 aromatic heterocycles. The highest BCUT2D eigenvalue weighted by molar-refractivity contribution is 5.76. The standard InChI is InChI=1S/C15H22N4/c1-16-13(9-12-4-3-7-17-12)11-5-6-15-14(8-11)18-10-19(15)2/h5-6,8,10,12-13,16-17H,3-4,7,9H2,1-2H3. The van der Waals surface area contributed by atoms with E-state index in [-0.39, 0.29) is 0 Å². The van der Waals surface area contributed by atoms with Crippen molar-refractivity contribution in [1.82, 2.24) is 20.2 Å². The third kappa shape index (κ3) is 2.51. The first kappa shape index (κ1) is 12.6. The van der Waals surface area contributed by atoms with Crippen molar-refractivity contribution >= 4 is 11.0 Å². The van der Waals surface area contributed by atoms with Crippen LogP contribution >= 0.6 is 0 Å². The lowest BCUT2D eigenvalue weighted by molar-refractivity contribution is 0.454. The predicted octanol–water partition coefficient (Wildman–Crippen LogP) is 1.98. The molecule has 4 heteroatoms. The minimum Gasteiger partial charge on any atom is -0.334 e. The second-order valence-electron chi connectivity index (χ2n) is 5.47. The van der Waals surface area contributed by atoms with E-state index >= 15 is 0 Å². The molecule has 4 nitrogen and oxygen atoms in total. The van der Waals surface area contributed by atoms with Gasteiger partial charge in [-0.05, 0) is 50.6 Å². The zero-order valence-corrected chi connectivity index (χ0v) is 11.7. The Labute approximate surface area is 114 Å². The topological polar surface area (TPSA) is 41.9 Å². The maximum Gasteiger partial charge on any atom is 0.0955 e. The number of nitrogens with one attached hydrogen (secondary N) is 2. The van der Waals surface area contributed by atoms with E-state index in [1.165, 1.54) is 30.5 Å². The second kappa shape index (κ2) is 5.31. The van der Waals surface area contributed by atoms with Gasteiger partial charge in [-0.1, -0.05) is 6.07 Å². The van der Waals surface area contributed by atoms with Crippen LogP contribution in [0.4, 0.5) is 0 Å². The Kier molecular flexibility index (Phi) is 3.53. The Morgan fingerprint density at radius 1 is 1.53 bits per heavy atom. The fraction of sp³-hybridized carbons (Fsp3) is 0.533. The van der Waals surface area contributed by atoms with E-state index in [0.717, 1.165) is 11.9 Å². The third-order valence-corrected chi connectivity index (χ3v) is 4.18. The number of hydrogen-bond acceptors (Lipinski definition) is 3. The quantitative estimate of drug-likeness (QED) is 0.881. The third-order valence-electron chi connectivity index (χ3n) is 4.18. The summed E-state index contributed by atoms with van der Waals surface area (Å²) in [5.41, 5.74) is 3.61. The smallest absolute Gasteiger partial charge is 0.0955 e. The van der Waals surface area contributed by atoms with E-state index in [0.29, 0.717) is 12.1 Å². The molecular formula is C15H22N4. The first-order chi connectivity index (χ1) is 9.28. The summed E-state index contributed by atoms with van der Waals surface area (Å²) in [5, 5.41) is 7.01. The van der Waals surface area contributed by atoms with E-state index in [9.17, 15) is 0 Å². The average Bonchev–Trinajstić information content (AvgIpc) is 3.06. The summed E-state index contributed by atoms with van der Waals surface area (Å²) in [6, 6.07) is 7.66. The Morgan fingerprint density at radius 2 is 2.42 bits per heavy atom. The summed E-state index contributed by atoms with van der Waals surface area (Å²) in [6.07, 6.45) is 5.63. The summed E-state index contributed by atoms with van der Waals surface area (Å²) in [6.45, 7) is 1.17. The lowest BCUT2D eigenvalue weighted by Crippen LogP contribution is -2.28. The number of imidazole rings is 1. The van der Waals surface area contributed by atoms with Crippen LogP contribution in [0.5, 0.6) is 0 Å². The van der Waals surface area contributed by atoms with Crippen molar-refractivity contribution in [2.24, 2.45) is 7.05 Å². The van der Waals surface area contributed by atoms with Gasteiger partial charge in [-0.2, -0.15) is 0 Å². The molecule has 0 amide bonds. The normalized spacial score (nSPS) is 21.1. The molecule has 102 valence electrons. The molecule has 0 bridgehead atoms. The van der Waals surface area contributed by atoms with Gasteiger partial charge in [-0.25, -0.2) is 4.98 Å². The SMILES string of the molecule is CNC(CC1CCCN1)c1ccc2c(c1)ncn2C. The summed E-state index contributed by atoms with van der Waals surface area (Å²) in [7, 11) is 4.08. The molecule has 0 saturated carbocycles. The number of hydrogen-bond donors (Lipinski definition) is 2. The molecule has 3 rings (SSSR count). The fourth-order valence-electron chi connectivity index (χ4n) is 3.03. The fourth-order valence-corrected chi connectivity index (χ4v) is 3.03. The summed E-state index contributed by atoms with van der Waals surface area (Å²) < 4.78 is 2.06. The molecule has 1 aliphatic heterocycles. The van der Waals surface area contributed by atoms with Crippen LogP contribution in [0.3, 0.4) is 0 Å². The Bertz CT molecular complexity index is 554. The van der Waals surface area contributed by atoms with E-state index in [1.807, 2.05) is 20.4 Å². The van der Waals surface area contributed by atoms with Crippen LogP contribution in [-0.4, -0.2) is 29.2 Å². The molecule has 2 aromatic rings. The Balaban J connectivity index is 1.83. The average molecular weight is 258 g/mol. The van der Waals surface area contributed by atoms with Gasteiger partial charge in [0.1, 0.15) is 0 Å². The van der Waals surface area contributed by atoms with Crippen molar-refractivity contribution in [2.45, 2.75) is 31.3 Å². The van der Waals surface area contributed by atoms with Gasteiger partial charge in [0.05, 0.1) is 17.4 Å². The van der Waals surface area contributed by atoms with E-state index in [2.05, 4.69) is 38.4 Å². The Hall–Kier alpha value is -1.39. The van der Waals surface area contributed by atoms with Gasteiger partial charge >= 0.3 is 0 Å². The van der Waals surface area contributed by atoms with Gasteiger partial charge < -0.3 is 15.2 Å². The number of aromatic nitrogens is 2. The molecule has 19 heavy (non-hydrogen) atoms. The molecule has 2 atom stereocenters. The lowest BCUT2D eigenvalue weighted by atomic mass is 9.98. The number of rotatable bonds is 4. The molecule has 2 unspecified atom stereocenters. The monoisotopic (exact) mass is 258 g/mol. The Morgan fingerprint density at radius 3 is 3.16 bits per heavy atom. The van der Waals surface area contributed by atoms with E-state index in [4.69, 9.17) is 0 Å². The zero-order valence-electron chi connectivity index (χ0n) is 11.7. The van der Waals surface area contributed by atoms with Crippen LogP contribution < -0.4 is 10.6 Å². The van der Waals surface area contributed by atoms with Crippen molar-refractivity contribution in [3.8, 4) is 0 Å². The largest absolute Gasteiger partial charge is 0.334 e. The maximum absolute atomic E-state index is 4.45. The zero-order chi connectivity index (χ0) is 13.2. The maximum atomic E-state index is 4.45. The minimum absolute atomic E-state index is 0.405. The molecular weight excluding hydrogens is 236 g/mol. The highest BCUT2D eigenvalue weighted by Gasteiger charge is 2.20. The molecule has 0 spiro atoms. The van der Waals surface area contributed by atoms with E-state index in [1.54, 1.807) is 0 Å². The highest BCUT2D eigenvalue weighted by Crippen LogP contribution is 2.24. The van der Waals surface area contributed by atoms with Crippen molar-refractivity contribution in [1.29, 1.82) is 0 Å². The summed E-state index contributed by atoms with van der Waals surface area (Å²) in [4.78, 5) is 4.45. The molecule has 2 N–H and O–H groups in total. The van der Waals surface area contributed by atoms with Crippen LogP contribution in [0.2, 0.25) is 0 Å². The van der Waals surface area contributed by atoms with Crippen LogP contribution in [0.15, 0.2) is 24.5 Å². The van der Waals surface area contributed by atoms with Gasteiger partial charge in [0, 0.05) is 19.1 Å². The van der Waals surface area contributed by atoms with Crippen molar-refractivity contribution in [3.63, 3.8) is 0 Å². The van der Waals surface area contributed by atoms with Crippen molar-refractivity contribution < 1.29 is 0 Å². The molecule has 1 aromatic carbocycles. The van der Waals surface area contributed by atoms with Gasteiger partial charge in [-0.15, -0.1) is 0 Å². The number of aryl methyl sites for hydroxylation is 1. The van der Waals surface area contributed by atoms with Gasteiger partial charge in [-0.3, -0.25) is 0 Å². The molecule has 1 saturated heterocycles. The number of nitrogens with zero attached hydrogens (tertiary/aromatic N) is 2. The van der Waals surface area contributed by atoms with Gasteiger partial charge in [0.15, 0.2) is 0 Å². The second-order valence-corrected chi connectivity index (χ2v) is 5.47. The van der Waals surface area contributed by atoms with Crippen LogP contribution in [0.1, 0.15) is 30.9 Å². The van der Waals surface area contributed by atoms with Gasteiger partial charge in [0.25, 0.3) is 0 Å². The summed E-state index contributed by atoms with van der Waals surface area (Å²) in [5.74, 6) is 0. The number of fused-ring (bicyclic) bond motifs is 1. The molecule has 0 radical (unpaired) electrons. The van der Waals surface area contributed by atoms with Gasteiger partial charge in [0.2, 0.25) is 0 Å². The van der Waals surface area contributed by atoms with Crippen LogP contribution in [0.25, 0.3) is 11.0 Å². The predicted molar refractivity (Wildman–Crippen MR) is 78.2 cm³/mol. The molecule has 1 aliphatic rings. The lowest BCUT2D eigenvalue weighted by Gasteiger charge is -2.21. The summed E-state index contributed by atoms with van der Waals surface area (Å²) >= 11 is 0. The minimum atomic E-state index is 0.405. The molecule has 1 fully saturated rings. The van der Waals surface area contributed by atoms with Crippen molar-refractivity contribution in [3.05, 3.63) is 30.1 Å². The first-order valence-corrected chi connectivity index (χ1v) is 7.09. The molecule has 2 heterocycles. The van der Waals surface area contributed by atoms with Crippen molar-refractivity contribution in [2.75, 3.05) is 13.6 Å². The van der Waals surface area contributed by atoms with Crippen LogP contribution in [-0.2, 0) is 7.05 Å². The molecule has 0 aliphatic carbocycles. The number of benzene rings is 1. The first-order valence-electron chi connectivity index (χ1n) is 7.09. The highest BCUT2D eigenvalue weighted by atomic mass is 15.0. The van der Waals surface area contributed by atoms with E-state index < -0.39 is 0 Å². The van der Waals surface area contributed by atoms with Crippen LogP contribution in [0, 0.1) is 0 Å².